The van der Waals surface area contributed by atoms with Crippen LogP contribution in [0.1, 0.15) is 23.2 Å². The predicted octanol–water partition coefficient (Wildman–Crippen LogP) is 3.87. The first-order valence-electron chi connectivity index (χ1n) is 11.0. The van der Waals surface area contributed by atoms with Crippen LogP contribution < -0.4 is 9.80 Å². The number of ether oxygens (including phenoxy) is 2. The number of morpholine rings is 1. The summed E-state index contributed by atoms with van der Waals surface area (Å²) < 4.78 is 12.1. The van der Waals surface area contributed by atoms with Crippen LogP contribution in [0, 0.1) is 10.1 Å². The number of hydrogen-bond donors (Lipinski definition) is 0. The minimum absolute atomic E-state index is 0.0795. The van der Waals surface area contributed by atoms with E-state index >= 15 is 0 Å². The molecule has 9 nitrogen and oxygen atoms in total. The van der Waals surface area contributed by atoms with Gasteiger partial charge < -0.3 is 14.4 Å². The number of para-hydroxylation sites is 1. The van der Waals surface area contributed by atoms with Crippen LogP contribution in [0.15, 0.2) is 42.5 Å². The topological polar surface area (TPSA) is 98.0 Å². The molecule has 0 aliphatic carbocycles. The average Bonchev–Trinajstić information content (AvgIpc) is 3.52. The number of nitrogens with zero attached hydrogens (tertiary/aromatic N) is 4. The molecule has 1 aromatic heterocycles. The zero-order valence-electron chi connectivity index (χ0n) is 18.0. The van der Waals surface area contributed by atoms with Crippen molar-refractivity contribution in [3.05, 3.63) is 58.1 Å². The lowest BCUT2D eigenvalue weighted by Crippen LogP contribution is -2.38. The maximum absolute atomic E-state index is 13.7. The molecule has 1 amide bonds. The van der Waals surface area contributed by atoms with Crippen molar-refractivity contribution in [3.8, 4) is 0 Å². The minimum Gasteiger partial charge on any atom is -0.378 e. The average molecular weight is 469 g/mol. The van der Waals surface area contributed by atoms with Gasteiger partial charge in [0.2, 0.25) is 0 Å². The number of aromatic nitrogens is 1. The lowest BCUT2D eigenvalue weighted by molar-refractivity contribution is -0.384. The molecule has 0 N–H and O–H groups in total. The Bertz CT molecular complexity index is 1140. The summed E-state index contributed by atoms with van der Waals surface area (Å²) in [7, 11) is 0. The number of amides is 1. The summed E-state index contributed by atoms with van der Waals surface area (Å²) in [6.45, 7) is 3.22. The van der Waals surface area contributed by atoms with E-state index < -0.39 is 4.92 Å². The molecular weight excluding hydrogens is 444 g/mol. The van der Waals surface area contributed by atoms with Crippen LogP contribution in [0.4, 0.5) is 16.5 Å². The highest BCUT2D eigenvalue weighted by Crippen LogP contribution is 2.33. The van der Waals surface area contributed by atoms with E-state index in [0.29, 0.717) is 50.3 Å². The summed E-state index contributed by atoms with van der Waals surface area (Å²) in [5.74, 6) is -0.318. The largest absolute Gasteiger partial charge is 0.378 e. The Hall–Kier alpha value is -3.08. The third-order valence-corrected chi connectivity index (χ3v) is 7.00. The van der Waals surface area contributed by atoms with Gasteiger partial charge in [0.05, 0.1) is 41.0 Å². The first kappa shape index (κ1) is 21.7. The van der Waals surface area contributed by atoms with Crippen molar-refractivity contribution in [2.45, 2.75) is 18.9 Å². The van der Waals surface area contributed by atoms with Gasteiger partial charge in [0.1, 0.15) is 5.69 Å². The third-order valence-electron chi connectivity index (χ3n) is 5.94. The number of fused-ring (bicyclic) bond motifs is 1. The SMILES string of the molecule is O=C(c1ccc(N2CCOCC2)c([N+](=O)[O-])c1)N(CC1CCCO1)c1nc2ccccc2s1. The van der Waals surface area contributed by atoms with Crippen molar-refractivity contribution >= 4 is 44.0 Å². The van der Waals surface area contributed by atoms with Crippen LogP contribution in [0.3, 0.4) is 0 Å². The molecule has 10 heteroatoms. The van der Waals surface area contributed by atoms with E-state index in [1.165, 1.54) is 17.4 Å². The summed E-state index contributed by atoms with van der Waals surface area (Å²) in [6.07, 6.45) is 1.74. The van der Waals surface area contributed by atoms with E-state index in [9.17, 15) is 14.9 Å². The second-order valence-corrected chi connectivity index (χ2v) is 9.08. The van der Waals surface area contributed by atoms with Crippen LogP contribution >= 0.6 is 11.3 Å². The highest BCUT2D eigenvalue weighted by Gasteiger charge is 2.29. The smallest absolute Gasteiger partial charge is 0.293 e. The molecule has 172 valence electrons. The predicted molar refractivity (Wildman–Crippen MR) is 126 cm³/mol. The van der Waals surface area contributed by atoms with Gasteiger partial charge in [0, 0.05) is 31.3 Å². The molecule has 3 aromatic rings. The fourth-order valence-electron chi connectivity index (χ4n) is 4.25. The fourth-order valence-corrected chi connectivity index (χ4v) is 5.22. The van der Waals surface area contributed by atoms with E-state index in [4.69, 9.17) is 9.47 Å². The van der Waals surface area contributed by atoms with Gasteiger partial charge in [-0.3, -0.25) is 19.8 Å². The number of carbonyl (C=O) groups excluding carboxylic acids is 1. The summed E-state index contributed by atoms with van der Waals surface area (Å²) in [6, 6.07) is 12.4. The van der Waals surface area contributed by atoms with E-state index in [-0.39, 0.29) is 23.3 Å². The summed E-state index contributed by atoms with van der Waals surface area (Å²) in [5, 5.41) is 12.4. The Balaban J connectivity index is 1.50. The van der Waals surface area contributed by atoms with Crippen molar-refractivity contribution in [2.75, 3.05) is 49.3 Å². The van der Waals surface area contributed by atoms with Crippen LogP contribution in [-0.2, 0) is 9.47 Å². The van der Waals surface area contributed by atoms with Crippen molar-refractivity contribution in [1.82, 2.24) is 4.98 Å². The van der Waals surface area contributed by atoms with Gasteiger partial charge in [-0.05, 0) is 37.1 Å². The number of rotatable bonds is 6. The number of anilines is 2. The minimum atomic E-state index is -0.427. The Morgan fingerprint density at radius 3 is 2.76 bits per heavy atom. The summed E-state index contributed by atoms with van der Waals surface area (Å²) in [5.41, 5.74) is 1.50. The highest BCUT2D eigenvalue weighted by molar-refractivity contribution is 7.22. The molecule has 2 aromatic carbocycles. The second-order valence-electron chi connectivity index (χ2n) is 8.07. The van der Waals surface area contributed by atoms with Gasteiger partial charge >= 0.3 is 0 Å². The van der Waals surface area contributed by atoms with Crippen LogP contribution in [0.5, 0.6) is 0 Å². The molecular formula is C23H24N4O5S. The fraction of sp³-hybridized carbons (Fsp3) is 0.391. The van der Waals surface area contributed by atoms with Crippen LogP contribution in [0.25, 0.3) is 10.2 Å². The summed E-state index contributed by atoms with van der Waals surface area (Å²) >= 11 is 1.43. The Kier molecular flexibility index (Phi) is 6.21. The van der Waals surface area contributed by atoms with Gasteiger partial charge in [-0.2, -0.15) is 0 Å². The number of nitro benzene ring substituents is 1. The molecule has 33 heavy (non-hydrogen) atoms. The Labute approximate surface area is 194 Å². The van der Waals surface area contributed by atoms with Crippen LogP contribution in [-0.4, -0.2) is 61.4 Å². The van der Waals surface area contributed by atoms with Crippen molar-refractivity contribution < 1.29 is 19.2 Å². The lowest BCUT2D eigenvalue weighted by atomic mass is 10.1. The zero-order chi connectivity index (χ0) is 22.8. The van der Waals surface area contributed by atoms with Gasteiger partial charge in [0.25, 0.3) is 11.6 Å². The van der Waals surface area contributed by atoms with Gasteiger partial charge in [0.15, 0.2) is 5.13 Å². The third kappa shape index (κ3) is 4.54. The lowest BCUT2D eigenvalue weighted by Gasteiger charge is -2.28. The molecule has 0 saturated carbocycles. The van der Waals surface area contributed by atoms with E-state index in [0.717, 1.165) is 23.1 Å². The zero-order valence-corrected chi connectivity index (χ0v) is 18.8. The molecule has 2 aliphatic heterocycles. The molecule has 0 radical (unpaired) electrons. The molecule has 2 fully saturated rings. The van der Waals surface area contributed by atoms with Gasteiger partial charge in [-0.1, -0.05) is 23.5 Å². The second kappa shape index (κ2) is 9.42. The number of hydrogen-bond acceptors (Lipinski definition) is 8. The number of thiazole rings is 1. The van der Waals surface area contributed by atoms with Crippen molar-refractivity contribution in [2.24, 2.45) is 0 Å². The quantitative estimate of drug-likeness (QED) is 0.400. The maximum atomic E-state index is 13.7. The standard InChI is InChI=1S/C23H24N4O5S/c28-22(16-7-8-19(20(14-16)27(29)30)25-9-12-31-13-10-25)26(15-17-4-3-11-32-17)23-24-18-5-1-2-6-21(18)33-23/h1-2,5-8,14,17H,3-4,9-13,15H2. The van der Waals surface area contributed by atoms with Crippen LogP contribution in [0.2, 0.25) is 0 Å². The van der Waals surface area contributed by atoms with Crippen molar-refractivity contribution in [3.63, 3.8) is 0 Å². The molecule has 2 aliphatic rings. The number of benzene rings is 2. The van der Waals surface area contributed by atoms with E-state index in [1.54, 1.807) is 17.0 Å². The maximum Gasteiger partial charge on any atom is 0.293 e. The number of carbonyl (C=O) groups is 1. The Morgan fingerprint density at radius 1 is 1.21 bits per heavy atom. The highest BCUT2D eigenvalue weighted by atomic mass is 32.1. The molecule has 1 atom stereocenters. The molecule has 1 unspecified atom stereocenters. The molecule has 0 spiro atoms. The monoisotopic (exact) mass is 468 g/mol. The number of nitro groups is 1. The summed E-state index contributed by atoms with van der Waals surface area (Å²) in [4.78, 5) is 33.3. The molecule has 2 saturated heterocycles. The molecule has 3 heterocycles. The first-order chi connectivity index (χ1) is 16.1. The molecule has 0 bridgehead atoms. The van der Waals surface area contributed by atoms with E-state index in [1.807, 2.05) is 29.2 Å². The van der Waals surface area contributed by atoms with Gasteiger partial charge in [-0.15, -0.1) is 0 Å². The Morgan fingerprint density at radius 2 is 2.03 bits per heavy atom. The van der Waals surface area contributed by atoms with Crippen molar-refractivity contribution in [1.29, 1.82) is 0 Å². The first-order valence-corrected chi connectivity index (χ1v) is 11.8. The van der Waals surface area contributed by atoms with Gasteiger partial charge in [-0.25, -0.2) is 4.98 Å². The molecule has 5 rings (SSSR count). The normalized spacial score (nSPS) is 18.5. The van der Waals surface area contributed by atoms with E-state index in [2.05, 4.69) is 4.98 Å².